The molecule has 0 saturated carbocycles. The van der Waals surface area contributed by atoms with Crippen molar-refractivity contribution < 1.29 is 9.59 Å². The zero-order chi connectivity index (χ0) is 31.4. The average molecular weight is 543 g/mol. The molecule has 0 saturated heterocycles. The second-order valence-corrected chi connectivity index (χ2v) is 8.38. The third kappa shape index (κ3) is 76.5. The lowest BCUT2D eigenvalue weighted by Gasteiger charge is -1.99. The maximum absolute atomic E-state index is 10.2. The molecular formula is C35H58B3O2. The third-order valence-electron chi connectivity index (χ3n) is 4.33. The molecule has 0 aliphatic carbocycles. The zero-order valence-corrected chi connectivity index (χ0v) is 26.4. The molecule has 0 aliphatic heterocycles. The molecule has 40 heavy (non-hydrogen) atoms. The maximum atomic E-state index is 10.2. The van der Waals surface area contributed by atoms with E-state index in [9.17, 15) is 9.59 Å². The number of carbonyl (C=O) groups excluding carboxylic acids is 2. The van der Waals surface area contributed by atoms with Gasteiger partial charge in [0, 0.05) is 36.7 Å². The molecule has 0 rings (SSSR count). The quantitative estimate of drug-likeness (QED) is 0.0808. The van der Waals surface area contributed by atoms with Crippen LogP contribution in [-0.4, -0.2) is 36.5 Å². The predicted molar refractivity (Wildman–Crippen MR) is 190 cm³/mol. The Kier molecular flexibility index (Phi) is 74.8. The average Bonchev–Trinajstić information content (AvgIpc) is 2.91. The summed E-state index contributed by atoms with van der Waals surface area (Å²) in [5, 5.41) is 0. The van der Waals surface area contributed by atoms with Crippen molar-refractivity contribution >= 4 is 36.5 Å². The molecule has 0 unspecified atom stereocenters. The van der Waals surface area contributed by atoms with E-state index in [2.05, 4.69) is 94.5 Å². The molecule has 0 aromatic carbocycles. The summed E-state index contributed by atoms with van der Waals surface area (Å²) in [6.07, 6.45) is 27.2. The van der Waals surface area contributed by atoms with Crippen LogP contribution in [-0.2, 0) is 9.59 Å². The van der Waals surface area contributed by atoms with Crippen LogP contribution in [0.2, 0.25) is 0 Å². The smallest absolute Gasteiger partial charge is 0.124 e. The van der Waals surface area contributed by atoms with Crippen molar-refractivity contribution in [1.82, 2.24) is 0 Å². The first-order valence-corrected chi connectivity index (χ1v) is 12.6. The Bertz CT molecular complexity index is 757. The standard InChI is InChI=1S/C11H18O.C10H16.C6H10O.C5H8.C2H2.CH4.B2.B/c1-4-11(8-9-12)7-5-6-10(2)3;1-5-10(4)8-6-7-9(2)3;1-3-6(2)4-5-7;1-4-5(2)3;1-2;;1-2;/h4,6,9H,5,7-8H2,1-3H3;5,7H,1,4,6,8H2,2-3H3;3,5H,4H2,1-2H3;4H,1-2H2,3H3;1-2H;1H4;;/b11-4-;;6-3-;;;;;. The van der Waals surface area contributed by atoms with Crippen LogP contribution in [0.3, 0.4) is 0 Å². The van der Waals surface area contributed by atoms with Crippen molar-refractivity contribution in [3.05, 3.63) is 96.2 Å². The molecule has 0 amide bonds. The minimum Gasteiger partial charge on any atom is -0.303 e. The molecule has 0 aromatic rings. The van der Waals surface area contributed by atoms with Gasteiger partial charge in [-0.25, -0.2) is 0 Å². The monoisotopic (exact) mass is 543 g/mol. The first-order chi connectivity index (χ1) is 17.9. The lowest BCUT2D eigenvalue weighted by molar-refractivity contribution is -0.108. The molecule has 0 N–H and O–H groups in total. The van der Waals surface area contributed by atoms with Gasteiger partial charge in [-0.2, -0.15) is 0 Å². The van der Waals surface area contributed by atoms with Crippen LogP contribution >= 0.6 is 0 Å². The van der Waals surface area contributed by atoms with E-state index in [4.69, 9.17) is 0 Å². The fourth-order valence-corrected chi connectivity index (χ4v) is 1.92. The number of hydrogen-bond acceptors (Lipinski definition) is 2. The number of hydrogen-bond donors (Lipinski definition) is 0. The molecule has 0 heterocycles. The van der Waals surface area contributed by atoms with Gasteiger partial charge in [0.25, 0.3) is 0 Å². The van der Waals surface area contributed by atoms with Crippen molar-refractivity contribution in [2.45, 2.75) is 101 Å². The normalized spacial score (nSPS) is 8.45. The summed E-state index contributed by atoms with van der Waals surface area (Å²) in [7, 11) is 8.00. The summed E-state index contributed by atoms with van der Waals surface area (Å²) >= 11 is 0. The van der Waals surface area contributed by atoms with E-state index < -0.39 is 0 Å². The second kappa shape index (κ2) is 52.4. The summed E-state index contributed by atoms with van der Waals surface area (Å²) < 4.78 is 0. The molecular weight excluding hydrogens is 485 g/mol. The van der Waals surface area contributed by atoms with Crippen LogP contribution in [0.15, 0.2) is 96.2 Å². The SMILES string of the molecule is C.C#C.C/C=C(/C)CC=O.C/C=C(\CC=O)CCC=C(C)C.C=CC(=C)C.C=CC(=C)CCC=C(C)C.[B].[B][B]. The lowest BCUT2D eigenvalue weighted by atomic mass is 9.81. The topological polar surface area (TPSA) is 34.1 Å². The van der Waals surface area contributed by atoms with Crippen LogP contribution < -0.4 is 0 Å². The lowest BCUT2D eigenvalue weighted by Crippen LogP contribution is -1.84. The zero-order valence-electron chi connectivity index (χ0n) is 26.4. The van der Waals surface area contributed by atoms with Gasteiger partial charge < -0.3 is 9.59 Å². The molecule has 0 aliphatic rings. The number of aldehydes is 2. The van der Waals surface area contributed by atoms with Gasteiger partial charge in [0.05, 0.1) is 0 Å². The highest BCUT2D eigenvalue weighted by molar-refractivity contribution is 6.75. The van der Waals surface area contributed by atoms with Crippen molar-refractivity contribution in [1.29, 1.82) is 0 Å². The van der Waals surface area contributed by atoms with Crippen molar-refractivity contribution in [3.63, 3.8) is 0 Å². The van der Waals surface area contributed by atoms with E-state index in [1.165, 1.54) is 16.7 Å². The van der Waals surface area contributed by atoms with Gasteiger partial charge in [-0.1, -0.05) is 104 Å². The van der Waals surface area contributed by atoms with Gasteiger partial charge in [0.1, 0.15) is 12.6 Å². The Hall–Kier alpha value is -2.99. The fourth-order valence-electron chi connectivity index (χ4n) is 1.92. The molecule has 2 nitrogen and oxygen atoms in total. The minimum atomic E-state index is 0. The summed E-state index contributed by atoms with van der Waals surface area (Å²) in [6.45, 7) is 30.6. The van der Waals surface area contributed by atoms with Gasteiger partial charge in [-0.15, -0.1) is 12.8 Å². The first-order valence-electron chi connectivity index (χ1n) is 12.6. The minimum absolute atomic E-state index is 0. The highest BCUT2D eigenvalue weighted by atomic mass is 16.1. The first kappa shape index (κ1) is 57.0. The molecule has 0 fully saturated rings. The van der Waals surface area contributed by atoms with Gasteiger partial charge >= 0.3 is 0 Å². The van der Waals surface area contributed by atoms with Crippen LogP contribution in [0, 0.1) is 12.8 Å². The number of terminal acetylenes is 1. The maximum Gasteiger partial charge on any atom is 0.124 e. The Balaban J connectivity index is -0.0000000556. The number of allylic oxidation sites excluding steroid dienone is 12. The summed E-state index contributed by atoms with van der Waals surface area (Å²) in [6, 6.07) is 0. The molecule has 5 heteroatoms. The molecule has 0 aromatic heterocycles. The van der Waals surface area contributed by atoms with E-state index in [0.29, 0.717) is 12.8 Å². The van der Waals surface area contributed by atoms with E-state index in [1.807, 2.05) is 45.9 Å². The molecule has 7 radical (unpaired) electrons. The molecule has 0 spiro atoms. The third-order valence-corrected chi connectivity index (χ3v) is 4.33. The Morgan fingerprint density at radius 3 is 1.32 bits per heavy atom. The van der Waals surface area contributed by atoms with Crippen LogP contribution in [0.1, 0.15) is 101 Å². The summed E-state index contributed by atoms with van der Waals surface area (Å²) in [4.78, 5) is 19.9. The Morgan fingerprint density at radius 2 is 1.10 bits per heavy atom. The molecule has 0 atom stereocenters. The van der Waals surface area contributed by atoms with Gasteiger partial charge in [-0.05, 0) is 81.1 Å². The predicted octanol–water partition coefficient (Wildman–Crippen LogP) is 9.78. The summed E-state index contributed by atoms with van der Waals surface area (Å²) in [5.74, 6) is 0. The molecule has 0 bridgehead atoms. The van der Waals surface area contributed by atoms with E-state index in [-0.39, 0.29) is 15.8 Å². The van der Waals surface area contributed by atoms with E-state index in [0.717, 1.165) is 55.0 Å². The number of rotatable bonds is 12. The highest BCUT2D eigenvalue weighted by Gasteiger charge is 1.93. The largest absolute Gasteiger partial charge is 0.303 e. The molecule has 219 valence electrons. The van der Waals surface area contributed by atoms with Gasteiger partial charge in [0.2, 0.25) is 0 Å². The Labute approximate surface area is 256 Å². The van der Waals surface area contributed by atoms with Crippen molar-refractivity contribution in [3.8, 4) is 12.8 Å². The fraction of sp³-hybridized carbons (Fsp3) is 0.429. The summed E-state index contributed by atoms with van der Waals surface area (Å²) in [5.41, 5.74) is 7.23. The van der Waals surface area contributed by atoms with Crippen LogP contribution in [0.5, 0.6) is 0 Å². The Morgan fingerprint density at radius 1 is 0.725 bits per heavy atom. The van der Waals surface area contributed by atoms with Gasteiger partial charge in [-0.3, -0.25) is 0 Å². The van der Waals surface area contributed by atoms with Crippen molar-refractivity contribution in [2.75, 3.05) is 0 Å². The second-order valence-electron chi connectivity index (χ2n) is 8.38. The van der Waals surface area contributed by atoms with Crippen LogP contribution in [0.25, 0.3) is 0 Å². The van der Waals surface area contributed by atoms with E-state index >= 15 is 0 Å². The number of carbonyl (C=O) groups is 2. The van der Waals surface area contributed by atoms with Gasteiger partial charge in [0.15, 0.2) is 0 Å². The van der Waals surface area contributed by atoms with Crippen LogP contribution in [0.4, 0.5) is 0 Å². The van der Waals surface area contributed by atoms with Crippen molar-refractivity contribution in [2.24, 2.45) is 0 Å². The van der Waals surface area contributed by atoms with E-state index in [1.54, 1.807) is 6.08 Å². The highest BCUT2D eigenvalue weighted by Crippen LogP contribution is 2.09.